The first-order valence-corrected chi connectivity index (χ1v) is 10.1. The van der Waals surface area contributed by atoms with Gasteiger partial charge in [0.1, 0.15) is 17.6 Å². The Morgan fingerprint density at radius 2 is 1.88 bits per heavy atom. The predicted molar refractivity (Wildman–Crippen MR) is 121 cm³/mol. The Hall–Kier alpha value is -4.46. The van der Waals surface area contributed by atoms with Gasteiger partial charge in [-0.25, -0.2) is 9.67 Å². The van der Waals surface area contributed by atoms with Crippen molar-refractivity contribution >= 4 is 17.7 Å². The average molecular weight is 424 g/mol. The molecule has 4 aromatic rings. The minimum absolute atomic E-state index is 0.105. The van der Waals surface area contributed by atoms with Gasteiger partial charge >= 0.3 is 0 Å². The van der Waals surface area contributed by atoms with Crippen molar-refractivity contribution in [3.05, 3.63) is 95.8 Å². The van der Waals surface area contributed by atoms with Crippen LogP contribution in [0, 0.1) is 0 Å². The molecule has 2 aromatic heterocycles. The third kappa shape index (κ3) is 3.58. The number of carbonyl (C=O) groups excluding carboxylic acids is 1. The van der Waals surface area contributed by atoms with E-state index in [1.54, 1.807) is 47.3 Å². The number of allylic oxidation sites excluding steroid dienone is 1. The lowest BCUT2D eigenvalue weighted by atomic mass is 9.95. The van der Waals surface area contributed by atoms with Crippen LogP contribution in [0.4, 0.5) is 11.8 Å². The zero-order chi connectivity index (χ0) is 22.1. The first kappa shape index (κ1) is 19.5. The highest BCUT2D eigenvalue weighted by Crippen LogP contribution is 2.37. The second-order valence-electron chi connectivity index (χ2n) is 7.40. The molecule has 1 aliphatic heterocycles. The fourth-order valence-electron chi connectivity index (χ4n) is 3.78. The standard InChI is InChI=1S/C24H20N6O2/c1-15-20(23(32)27-19-12-5-6-13-25-19)21(17-10-7-11-18(31)14-17)30-24(26-15)28-22(29-30)16-8-3-2-4-9-16/h2-14,21,31H,1H3,(H,25,27,32)(H,26,28,29). The zero-order valence-corrected chi connectivity index (χ0v) is 17.2. The summed E-state index contributed by atoms with van der Waals surface area (Å²) in [5, 5.41) is 20.9. The van der Waals surface area contributed by atoms with Crippen molar-refractivity contribution in [1.82, 2.24) is 19.7 Å². The molecule has 0 spiro atoms. The van der Waals surface area contributed by atoms with Gasteiger partial charge < -0.3 is 15.7 Å². The van der Waals surface area contributed by atoms with Gasteiger partial charge in [-0.3, -0.25) is 4.79 Å². The van der Waals surface area contributed by atoms with E-state index in [1.807, 2.05) is 43.3 Å². The van der Waals surface area contributed by atoms with E-state index in [0.717, 1.165) is 5.56 Å². The number of phenolic OH excluding ortho intramolecular Hbond substituents is 1. The normalized spacial score (nSPS) is 15.1. The Morgan fingerprint density at radius 1 is 1.06 bits per heavy atom. The van der Waals surface area contributed by atoms with Crippen molar-refractivity contribution in [1.29, 1.82) is 0 Å². The summed E-state index contributed by atoms with van der Waals surface area (Å²) >= 11 is 0. The van der Waals surface area contributed by atoms with E-state index >= 15 is 0 Å². The summed E-state index contributed by atoms with van der Waals surface area (Å²) in [6.07, 6.45) is 1.62. The van der Waals surface area contributed by atoms with Crippen molar-refractivity contribution in [3.63, 3.8) is 0 Å². The molecule has 0 bridgehead atoms. The van der Waals surface area contributed by atoms with Crippen LogP contribution < -0.4 is 10.6 Å². The molecule has 3 heterocycles. The van der Waals surface area contributed by atoms with Gasteiger partial charge in [0.05, 0.1) is 5.57 Å². The van der Waals surface area contributed by atoms with Gasteiger partial charge in [-0.05, 0) is 36.8 Å². The number of aromatic hydroxyl groups is 1. The fourth-order valence-corrected chi connectivity index (χ4v) is 3.78. The number of rotatable bonds is 4. The summed E-state index contributed by atoms with van der Waals surface area (Å²) in [6.45, 7) is 1.82. The predicted octanol–water partition coefficient (Wildman–Crippen LogP) is 3.97. The average Bonchev–Trinajstić information content (AvgIpc) is 3.23. The topological polar surface area (TPSA) is 105 Å². The summed E-state index contributed by atoms with van der Waals surface area (Å²) in [6, 6.07) is 21.2. The highest BCUT2D eigenvalue weighted by atomic mass is 16.3. The maximum absolute atomic E-state index is 13.4. The Balaban J connectivity index is 1.62. The van der Waals surface area contributed by atoms with Crippen molar-refractivity contribution in [2.45, 2.75) is 13.0 Å². The maximum atomic E-state index is 13.4. The SMILES string of the molecule is CC1=C(C(=O)Nc2ccccn2)C(c2cccc(O)c2)n2nc(-c3ccccc3)nc2N1. The van der Waals surface area contributed by atoms with Crippen LogP contribution in [0.2, 0.25) is 0 Å². The van der Waals surface area contributed by atoms with E-state index in [-0.39, 0.29) is 11.7 Å². The molecular weight excluding hydrogens is 404 g/mol. The number of nitrogens with zero attached hydrogens (tertiary/aromatic N) is 4. The molecule has 1 amide bonds. The van der Waals surface area contributed by atoms with E-state index in [9.17, 15) is 9.90 Å². The third-order valence-electron chi connectivity index (χ3n) is 5.22. The van der Waals surface area contributed by atoms with Crippen molar-refractivity contribution in [2.24, 2.45) is 0 Å². The Bertz CT molecular complexity index is 1310. The van der Waals surface area contributed by atoms with Gasteiger partial charge in [0.15, 0.2) is 5.82 Å². The van der Waals surface area contributed by atoms with Crippen LogP contribution in [0.25, 0.3) is 11.4 Å². The molecule has 158 valence electrons. The molecule has 0 saturated carbocycles. The van der Waals surface area contributed by atoms with Crippen LogP contribution in [-0.2, 0) is 4.79 Å². The van der Waals surface area contributed by atoms with E-state index < -0.39 is 6.04 Å². The summed E-state index contributed by atoms with van der Waals surface area (Å²) < 4.78 is 1.68. The Kier molecular flexibility index (Phi) is 4.87. The molecule has 32 heavy (non-hydrogen) atoms. The molecule has 2 aromatic carbocycles. The number of hydrogen-bond acceptors (Lipinski definition) is 6. The van der Waals surface area contributed by atoms with E-state index in [4.69, 9.17) is 5.10 Å². The lowest BCUT2D eigenvalue weighted by molar-refractivity contribution is -0.113. The van der Waals surface area contributed by atoms with Crippen LogP contribution in [-0.4, -0.2) is 30.8 Å². The monoisotopic (exact) mass is 424 g/mol. The summed E-state index contributed by atoms with van der Waals surface area (Å²) in [5.41, 5.74) is 2.68. The number of pyridine rings is 1. The number of carbonyl (C=O) groups is 1. The molecule has 0 fully saturated rings. The summed E-state index contributed by atoms with van der Waals surface area (Å²) in [7, 11) is 0. The second-order valence-corrected chi connectivity index (χ2v) is 7.40. The van der Waals surface area contributed by atoms with E-state index in [1.165, 1.54) is 0 Å². The molecule has 1 aliphatic rings. The minimum Gasteiger partial charge on any atom is -0.508 e. The number of anilines is 2. The van der Waals surface area contributed by atoms with Gasteiger partial charge in [0.2, 0.25) is 5.95 Å². The van der Waals surface area contributed by atoms with E-state index in [0.29, 0.717) is 34.4 Å². The van der Waals surface area contributed by atoms with Gasteiger partial charge in [-0.2, -0.15) is 4.98 Å². The zero-order valence-electron chi connectivity index (χ0n) is 17.2. The Labute approximate surface area is 184 Å². The molecule has 8 nitrogen and oxygen atoms in total. The molecular formula is C24H20N6O2. The lowest BCUT2D eigenvalue weighted by Crippen LogP contribution is -2.31. The van der Waals surface area contributed by atoms with Crippen molar-refractivity contribution in [3.8, 4) is 17.1 Å². The Morgan fingerprint density at radius 3 is 2.62 bits per heavy atom. The van der Waals surface area contributed by atoms with Crippen molar-refractivity contribution in [2.75, 3.05) is 10.6 Å². The van der Waals surface area contributed by atoms with Crippen molar-refractivity contribution < 1.29 is 9.90 Å². The van der Waals surface area contributed by atoms with Gasteiger partial charge in [-0.15, -0.1) is 5.10 Å². The first-order valence-electron chi connectivity index (χ1n) is 10.1. The van der Waals surface area contributed by atoms with Crippen LogP contribution >= 0.6 is 0 Å². The first-order chi connectivity index (χ1) is 15.6. The van der Waals surface area contributed by atoms with Crippen LogP contribution in [0.3, 0.4) is 0 Å². The molecule has 5 rings (SSSR count). The molecule has 0 radical (unpaired) electrons. The quantitative estimate of drug-likeness (QED) is 0.458. The minimum atomic E-state index is -0.591. The van der Waals surface area contributed by atoms with Crippen LogP contribution in [0.5, 0.6) is 5.75 Å². The molecule has 3 N–H and O–H groups in total. The summed E-state index contributed by atoms with van der Waals surface area (Å²) in [5.74, 6) is 1.29. The molecule has 1 atom stereocenters. The number of aromatic nitrogens is 4. The van der Waals surface area contributed by atoms with Gasteiger partial charge in [-0.1, -0.05) is 48.5 Å². The van der Waals surface area contributed by atoms with E-state index in [2.05, 4.69) is 20.6 Å². The maximum Gasteiger partial charge on any atom is 0.257 e. The number of fused-ring (bicyclic) bond motifs is 1. The third-order valence-corrected chi connectivity index (χ3v) is 5.22. The largest absolute Gasteiger partial charge is 0.508 e. The van der Waals surface area contributed by atoms with Gasteiger partial charge in [0, 0.05) is 17.5 Å². The summed E-state index contributed by atoms with van der Waals surface area (Å²) in [4.78, 5) is 22.2. The molecule has 1 unspecified atom stereocenters. The lowest BCUT2D eigenvalue weighted by Gasteiger charge is -2.28. The number of amides is 1. The number of hydrogen-bond donors (Lipinski definition) is 3. The number of benzene rings is 2. The fraction of sp³-hybridized carbons (Fsp3) is 0.0833. The smallest absolute Gasteiger partial charge is 0.257 e. The van der Waals surface area contributed by atoms with Crippen LogP contribution in [0.1, 0.15) is 18.5 Å². The number of nitrogens with one attached hydrogen (secondary N) is 2. The van der Waals surface area contributed by atoms with Crippen LogP contribution in [0.15, 0.2) is 90.3 Å². The molecule has 0 saturated heterocycles. The van der Waals surface area contributed by atoms with Gasteiger partial charge in [0.25, 0.3) is 5.91 Å². The molecule has 8 heteroatoms. The number of phenols is 1. The molecule has 0 aliphatic carbocycles. The highest BCUT2D eigenvalue weighted by molar-refractivity contribution is 6.05. The highest BCUT2D eigenvalue weighted by Gasteiger charge is 2.34. The second kappa shape index (κ2) is 7.99.